The summed E-state index contributed by atoms with van der Waals surface area (Å²) in [5.41, 5.74) is 0.452. The van der Waals surface area contributed by atoms with E-state index in [2.05, 4.69) is 5.16 Å². The number of hydrogen-bond donors (Lipinski definition) is 2. The average molecular weight is 223 g/mol. The van der Waals surface area contributed by atoms with Gasteiger partial charge in [-0.15, -0.1) is 0 Å². The first-order valence-electron chi connectivity index (χ1n) is 4.36. The van der Waals surface area contributed by atoms with Crippen LogP contribution in [0.1, 0.15) is 25.0 Å². The highest BCUT2D eigenvalue weighted by Crippen LogP contribution is 2.19. The Labute approximate surface area is 94.8 Å². The molecule has 0 aliphatic heterocycles. The maximum atomic E-state index is 9.82. The second-order valence-electron chi connectivity index (χ2n) is 3.75. The van der Waals surface area contributed by atoms with Gasteiger partial charge in [-0.3, -0.25) is 0 Å². The Morgan fingerprint density at radius 1 is 1.47 bits per heavy atom. The Morgan fingerprint density at radius 3 is 2.53 bits per heavy atom. The lowest BCUT2D eigenvalue weighted by molar-refractivity contribution is 0.0797. The summed E-state index contributed by atoms with van der Waals surface area (Å²) in [7, 11) is 5.71. The molecule has 15 heavy (non-hydrogen) atoms. The maximum absolute atomic E-state index is 9.82. The van der Waals surface area contributed by atoms with E-state index in [0.29, 0.717) is 16.6 Å². The molecular weight excluding hydrogens is 212 g/mol. The highest BCUT2D eigenvalue weighted by molar-refractivity contribution is 6.69. The van der Waals surface area contributed by atoms with Crippen molar-refractivity contribution >= 4 is 30.1 Å². The smallest absolute Gasteiger partial charge is 0.175 e. The minimum atomic E-state index is -1.06. The van der Waals surface area contributed by atoms with E-state index in [-0.39, 0.29) is 5.17 Å². The molecule has 0 saturated heterocycles. The first-order valence-corrected chi connectivity index (χ1v) is 4.74. The van der Waals surface area contributed by atoms with Crippen LogP contribution in [0.15, 0.2) is 23.4 Å². The molecular formula is C10H11BClNO2. The van der Waals surface area contributed by atoms with Crippen molar-refractivity contribution in [3.8, 4) is 0 Å². The predicted octanol–water partition coefficient (Wildman–Crippen LogP) is 1.08. The Hall–Kier alpha value is -0.995. The topological polar surface area (TPSA) is 52.8 Å². The Morgan fingerprint density at radius 2 is 2.07 bits per heavy atom. The highest BCUT2D eigenvalue weighted by atomic mass is 35.5. The summed E-state index contributed by atoms with van der Waals surface area (Å²) >= 11 is 5.64. The zero-order chi connectivity index (χ0) is 11.6. The average Bonchev–Trinajstić information content (AvgIpc) is 2.15. The Balaban J connectivity index is 3.29. The van der Waals surface area contributed by atoms with Crippen LogP contribution in [0.5, 0.6) is 0 Å². The van der Waals surface area contributed by atoms with Crippen molar-refractivity contribution < 1.29 is 10.3 Å². The molecule has 0 heterocycles. The molecule has 0 spiro atoms. The van der Waals surface area contributed by atoms with Gasteiger partial charge in [0, 0.05) is 5.56 Å². The molecule has 3 nitrogen and oxygen atoms in total. The lowest BCUT2D eigenvalue weighted by Crippen LogP contribution is -2.26. The summed E-state index contributed by atoms with van der Waals surface area (Å²) in [5.74, 6) is 0. The number of hydrogen-bond acceptors (Lipinski definition) is 3. The highest BCUT2D eigenvalue weighted by Gasteiger charge is 2.19. The summed E-state index contributed by atoms with van der Waals surface area (Å²) in [6.45, 7) is 3.24. The molecule has 0 bridgehead atoms. The lowest BCUT2D eigenvalue weighted by atomic mass is 9.82. The molecule has 78 valence electrons. The van der Waals surface area contributed by atoms with Crippen LogP contribution in [0.3, 0.4) is 0 Å². The van der Waals surface area contributed by atoms with Crippen LogP contribution >= 0.6 is 11.6 Å². The van der Waals surface area contributed by atoms with Gasteiger partial charge in [-0.25, -0.2) is 0 Å². The van der Waals surface area contributed by atoms with Crippen LogP contribution < -0.4 is 5.46 Å². The molecule has 0 atom stereocenters. The molecule has 0 saturated carbocycles. The second-order valence-corrected chi connectivity index (χ2v) is 4.11. The third kappa shape index (κ3) is 2.73. The van der Waals surface area contributed by atoms with Gasteiger partial charge < -0.3 is 10.3 Å². The standard InChI is InChI=1S/C10H11BClNO2/c1-10(2,14)7-5-6(9(12)13-15)3-4-8(7)11/h3-5,14-15H,1-2H3/b13-9+. The molecule has 0 aromatic heterocycles. The minimum absolute atomic E-state index is 0.0412. The quantitative estimate of drug-likeness (QED) is 0.341. The largest absolute Gasteiger partial charge is 0.410 e. The van der Waals surface area contributed by atoms with Crippen molar-refractivity contribution in [1.82, 2.24) is 0 Å². The van der Waals surface area contributed by atoms with E-state index in [1.807, 2.05) is 0 Å². The van der Waals surface area contributed by atoms with Crippen molar-refractivity contribution in [2.45, 2.75) is 19.4 Å². The van der Waals surface area contributed by atoms with Gasteiger partial charge in [0.25, 0.3) is 0 Å². The molecule has 1 rings (SSSR count). The van der Waals surface area contributed by atoms with Crippen molar-refractivity contribution in [2.24, 2.45) is 5.16 Å². The van der Waals surface area contributed by atoms with Gasteiger partial charge in [0.05, 0.1) is 5.60 Å². The number of aliphatic hydroxyl groups is 1. The zero-order valence-corrected chi connectivity index (χ0v) is 9.28. The molecule has 0 amide bonds. The molecule has 0 unspecified atom stereocenters. The van der Waals surface area contributed by atoms with Gasteiger partial charge in [-0.2, -0.15) is 0 Å². The summed E-state index contributed by atoms with van der Waals surface area (Å²) < 4.78 is 0. The molecule has 2 N–H and O–H groups in total. The number of nitrogens with zero attached hydrogens (tertiary/aromatic N) is 1. The normalized spacial score (nSPS) is 12.9. The molecule has 0 fully saturated rings. The third-order valence-electron chi connectivity index (χ3n) is 2.04. The van der Waals surface area contributed by atoms with Crippen LogP contribution in [0, 0.1) is 0 Å². The van der Waals surface area contributed by atoms with E-state index >= 15 is 0 Å². The molecule has 1 aromatic carbocycles. The minimum Gasteiger partial charge on any atom is -0.410 e. The summed E-state index contributed by atoms with van der Waals surface area (Å²) in [6, 6.07) is 4.82. The van der Waals surface area contributed by atoms with Gasteiger partial charge >= 0.3 is 0 Å². The van der Waals surface area contributed by atoms with E-state index in [0.717, 1.165) is 0 Å². The van der Waals surface area contributed by atoms with Crippen molar-refractivity contribution in [3.05, 3.63) is 29.3 Å². The van der Waals surface area contributed by atoms with E-state index < -0.39 is 5.60 Å². The monoisotopic (exact) mass is 223 g/mol. The van der Waals surface area contributed by atoms with Crippen LogP contribution in [-0.2, 0) is 5.60 Å². The van der Waals surface area contributed by atoms with Crippen molar-refractivity contribution in [2.75, 3.05) is 0 Å². The van der Waals surface area contributed by atoms with Crippen LogP contribution in [0.4, 0.5) is 0 Å². The van der Waals surface area contributed by atoms with Crippen molar-refractivity contribution in [3.63, 3.8) is 0 Å². The summed E-state index contributed by atoms with van der Waals surface area (Å²) in [5, 5.41) is 21.2. The fourth-order valence-electron chi connectivity index (χ4n) is 1.27. The van der Waals surface area contributed by atoms with E-state index in [1.165, 1.54) is 0 Å². The zero-order valence-electron chi connectivity index (χ0n) is 8.53. The molecule has 1 aromatic rings. The second kappa shape index (κ2) is 4.25. The molecule has 5 heteroatoms. The van der Waals surface area contributed by atoms with Gasteiger partial charge in [-0.1, -0.05) is 34.4 Å². The van der Waals surface area contributed by atoms with E-state index in [1.54, 1.807) is 32.0 Å². The van der Waals surface area contributed by atoms with E-state index in [4.69, 9.17) is 24.7 Å². The molecule has 0 aliphatic rings. The predicted molar refractivity (Wildman–Crippen MR) is 61.3 cm³/mol. The van der Waals surface area contributed by atoms with Crippen LogP contribution in [-0.4, -0.2) is 23.3 Å². The Kier molecular flexibility index (Phi) is 3.42. The van der Waals surface area contributed by atoms with Crippen molar-refractivity contribution in [1.29, 1.82) is 0 Å². The maximum Gasteiger partial charge on any atom is 0.175 e. The van der Waals surface area contributed by atoms with Crippen LogP contribution in [0.2, 0.25) is 0 Å². The summed E-state index contributed by atoms with van der Waals surface area (Å²) in [4.78, 5) is 0. The summed E-state index contributed by atoms with van der Waals surface area (Å²) in [6.07, 6.45) is 0. The third-order valence-corrected chi connectivity index (χ3v) is 2.33. The number of halogens is 1. The van der Waals surface area contributed by atoms with Gasteiger partial charge in [0.2, 0.25) is 0 Å². The number of benzene rings is 1. The van der Waals surface area contributed by atoms with Gasteiger partial charge in [-0.05, 0) is 25.5 Å². The fourth-order valence-corrected chi connectivity index (χ4v) is 1.39. The molecule has 2 radical (unpaired) electrons. The lowest BCUT2D eigenvalue weighted by Gasteiger charge is -2.21. The molecule has 0 aliphatic carbocycles. The number of oxime groups is 1. The SMILES string of the molecule is [B]c1ccc(/C(Cl)=N\O)cc1C(C)(C)O. The number of rotatable bonds is 2. The first-order chi connectivity index (χ1) is 6.86. The van der Waals surface area contributed by atoms with Gasteiger partial charge in [0.1, 0.15) is 7.85 Å². The van der Waals surface area contributed by atoms with Gasteiger partial charge in [0.15, 0.2) is 5.17 Å². The fraction of sp³-hybridized carbons (Fsp3) is 0.300. The van der Waals surface area contributed by atoms with Crippen LogP contribution in [0.25, 0.3) is 0 Å². The Bertz CT molecular complexity index is 399. The van der Waals surface area contributed by atoms with E-state index in [9.17, 15) is 5.11 Å². The first kappa shape index (κ1) is 12.1.